The summed E-state index contributed by atoms with van der Waals surface area (Å²) in [4.78, 5) is 31.4. The van der Waals surface area contributed by atoms with Crippen molar-refractivity contribution in [2.45, 2.75) is 31.0 Å². The van der Waals surface area contributed by atoms with Gasteiger partial charge in [-0.2, -0.15) is 0 Å². The van der Waals surface area contributed by atoms with E-state index in [4.69, 9.17) is 21.9 Å². The number of hydrogen-bond acceptors (Lipinski definition) is 9. The van der Waals surface area contributed by atoms with Crippen LogP contribution in [0, 0.1) is 17.6 Å². The van der Waals surface area contributed by atoms with Crippen molar-refractivity contribution in [1.29, 1.82) is 0 Å². The van der Waals surface area contributed by atoms with Gasteiger partial charge < -0.3 is 31.4 Å². The predicted molar refractivity (Wildman–Crippen MR) is 135 cm³/mol. The van der Waals surface area contributed by atoms with Crippen LogP contribution in [0.2, 0.25) is 0 Å². The molecule has 2 saturated heterocycles. The van der Waals surface area contributed by atoms with Crippen molar-refractivity contribution in [3.63, 3.8) is 0 Å². The Bertz CT molecular complexity index is 1590. The fourth-order valence-corrected chi connectivity index (χ4v) is 5.72. The lowest BCUT2D eigenvalue weighted by molar-refractivity contribution is -0.132. The number of imidazole rings is 1. The number of nitrogens with zero attached hydrogens (tertiary/aromatic N) is 6. The molecule has 196 valence electrons. The van der Waals surface area contributed by atoms with Crippen molar-refractivity contribution in [3.05, 3.63) is 54.2 Å². The summed E-state index contributed by atoms with van der Waals surface area (Å²) in [5, 5.41) is 0. The molecule has 6 N–H and O–H groups in total. The largest absolute Gasteiger partial charge is 0.494 e. The first kappa shape index (κ1) is 24.0. The maximum Gasteiger partial charge on any atom is 0.239 e. The number of primary amides is 1. The quantitative estimate of drug-likeness (QED) is 0.342. The molecule has 2 bridgehead atoms. The van der Waals surface area contributed by atoms with E-state index in [2.05, 4.69) is 19.9 Å². The number of nitrogen functional groups attached to an aromatic ring is 1. The van der Waals surface area contributed by atoms with Gasteiger partial charge in [0.15, 0.2) is 23.0 Å². The van der Waals surface area contributed by atoms with Gasteiger partial charge in [-0.25, -0.2) is 23.7 Å². The van der Waals surface area contributed by atoms with Crippen LogP contribution >= 0.6 is 0 Å². The molecule has 11 nitrogen and oxygen atoms in total. The monoisotopic (exact) mass is 521 g/mol. The maximum atomic E-state index is 15.0. The third-order valence-corrected chi connectivity index (χ3v) is 7.82. The highest BCUT2D eigenvalue weighted by Crippen LogP contribution is 2.48. The smallest absolute Gasteiger partial charge is 0.239 e. The van der Waals surface area contributed by atoms with Crippen LogP contribution < -0.4 is 26.8 Å². The van der Waals surface area contributed by atoms with E-state index in [1.165, 1.54) is 13.4 Å². The number of ether oxygens (including phenoxy) is 1. The minimum absolute atomic E-state index is 0.0190. The molecular formula is C25H25F2N9O2. The molecule has 3 atom stereocenters. The van der Waals surface area contributed by atoms with Crippen LogP contribution in [0.15, 0.2) is 37.1 Å². The lowest BCUT2D eigenvalue weighted by Crippen LogP contribution is -2.80. The number of halogens is 2. The van der Waals surface area contributed by atoms with E-state index < -0.39 is 23.1 Å². The van der Waals surface area contributed by atoms with Crippen LogP contribution in [0.4, 0.5) is 20.3 Å². The molecule has 2 aliphatic heterocycles. The molecule has 0 spiro atoms. The molecule has 5 heterocycles. The SMILES string of the molecule is COc1cc(F)c(-c2cc(Cn3cnc4c(N)ncnc43)c(N3CCC4CC3[C@@]4(N)C(N)=O)cn2)cc1F. The van der Waals surface area contributed by atoms with Crippen molar-refractivity contribution in [2.75, 3.05) is 24.3 Å². The van der Waals surface area contributed by atoms with E-state index in [1.807, 2.05) is 4.90 Å². The Morgan fingerprint density at radius 3 is 2.74 bits per heavy atom. The molecule has 0 radical (unpaired) electrons. The summed E-state index contributed by atoms with van der Waals surface area (Å²) >= 11 is 0. The molecule has 2 unspecified atom stereocenters. The first-order valence-electron chi connectivity index (χ1n) is 12.0. The first-order valence-corrected chi connectivity index (χ1v) is 12.0. The number of hydrogen-bond donors (Lipinski definition) is 3. The zero-order valence-corrected chi connectivity index (χ0v) is 20.4. The summed E-state index contributed by atoms with van der Waals surface area (Å²) in [6.45, 7) is 0.889. The van der Waals surface area contributed by atoms with Gasteiger partial charge in [-0.3, -0.25) is 9.78 Å². The highest BCUT2D eigenvalue weighted by Gasteiger charge is 2.61. The summed E-state index contributed by atoms with van der Waals surface area (Å²) < 4.78 is 36.1. The molecule has 1 amide bonds. The van der Waals surface area contributed by atoms with Gasteiger partial charge in [0, 0.05) is 18.2 Å². The fourth-order valence-electron chi connectivity index (χ4n) is 5.72. The second-order valence-electron chi connectivity index (χ2n) is 9.70. The highest BCUT2D eigenvalue weighted by atomic mass is 19.1. The first-order chi connectivity index (χ1) is 18.2. The number of aromatic nitrogens is 5. The van der Waals surface area contributed by atoms with Gasteiger partial charge in [0.1, 0.15) is 23.2 Å². The Balaban J connectivity index is 1.47. The molecule has 1 aromatic carbocycles. The Labute approximate surface area is 215 Å². The normalized spacial score (nSPS) is 22.4. The molecule has 3 fully saturated rings. The zero-order chi connectivity index (χ0) is 26.8. The van der Waals surface area contributed by atoms with Crippen molar-refractivity contribution < 1.29 is 18.3 Å². The van der Waals surface area contributed by atoms with Crippen LogP contribution in [0.3, 0.4) is 0 Å². The number of benzene rings is 1. The van der Waals surface area contributed by atoms with Crippen LogP contribution in [-0.4, -0.2) is 55.6 Å². The Morgan fingerprint density at radius 2 is 2.00 bits per heavy atom. The van der Waals surface area contributed by atoms with E-state index in [1.54, 1.807) is 23.2 Å². The summed E-state index contributed by atoms with van der Waals surface area (Å²) in [5.74, 6) is -1.88. The second-order valence-corrected chi connectivity index (χ2v) is 9.70. The summed E-state index contributed by atoms with van der Waals surface area (Å²) in [7, 11) is 1.27. The number of methoxy groups -OCH3 is 1. The molecule has 1 aliphatic carbocycles. The van der Waals surface area contributed by atoms with Crippen molar-refractivity contribution in [2.24, 2.45) is 17.4 Å². The van der Waals surface area contributed by atoms with Gasteiger partial charge >= 0.3 is 0 Å². The number of amides is 1. The van der Waals surface area contributed by atoms with E-state index in [0.29, 0.717) is 35.4 Å². The predicted octanol–water partition coefficient (Wildman–Crippen LogP) is 1.59. The lowest BCUT2D eigenvalue weighted by atomic mass is 9.58. The van der Waals surface area contributed by atoms with Crippen LogP contribution in [0.25, 0.3) is 22.4 Å². The molecule has 4 aromatic rings. The average molecular weight is 522 g/mol. The molecule has 3 aromatic heterocycles. The minimum atomic E-state index is -1.15. The number of fused-ring (bicyclic) bond motifs is 3. The number of anilines is 2. The molecular weight excluding hydrogens is 496 g/mol. The van der Waals surface area contributed by atoms with Gasteiger partial charge in [0.2, 0.25) is 5.91 Å². The van der Waals surface area contributed by atoms with Gasteiger partial charge in [0.05, 0.1) is 43.6 Å². The van der Waals surface area contributed by atoms with Crippen molar-refractivity contribution >= 4 is 28.6 Å². The van der Waals surface area contributed by atoms with E-state index in [-0.39, 0.29) is 41.3 Å². The maximum absolute atomic E-state index is 15.0. The molecule has 38 heavy (non-hydrogen) atoms. The number of nitrogens with two attached hydrogens (primary N) is 3. The zero-order valence-electron chi connectivity index (χ0n) is 20.4. The topological polar surface area (TPSA) is 164 Å². The molecule has 7 rings (SSSR count). The van der Waals surface area contributed by atoms with E-state index in [0.717, 1.165) is 18.6 Å². The van der Waals surface area contributed by atoms with Gasteiger partial charge in [-0.15, -0.1) is 0 Å². The summed E-state index contributed by atoms with van der Waals surface area (Å²) in [6, 6.07) is 3.41. The fraction of sp³-hybridized carbons (Fsp3) is 0.320. The minimum Gasteiger partial charge on any atom is -0.494 e. The van der Waals surface area contributed by atoms with Crippen LogP contribution in [0.5, 0.6) is 5.75 Å². The standard InChI is InChI=1S/C25H25F2N9O2/c1-38-19-7-15(26)14(6-16(19)27)17-4-12(9-35-11-34-21-22(28)32-10-33-23(21)35)18(8-31-17)36-3-2-13-5-20(36)25(13,30)24(29)37/h4,6-8,10-11,13,20H,2-3,5,9,30H2,1H3,(H2,29,37)(H2,28,32,33)/t13?,20?,25-/m1/s1. The Morgan fingerprint density at radius 1 is 1.18 bits per heavy atom. The highest BCUT2D eigenvalue weighted by molar-refractivity contribution is 5.89. The van der Waals surface area contributed by atoms with Crippen LogP contribution in [0.1, 0.15) is 18.4 Å². The van der Waals surface area contributed by atoms with Gasteiger partial charge in [-0.05, 0) is 36.5 Å². The number of rotatable bonds is 6. The third-order valence-electron chi connectivity index (χ3n) is 7.82. The Hall–Kier alpha value is -4.39. The summed E-state index contributed by atoms with van der Waals surface area (Å²) in [6.07, 6.45) is 5.93. The average Bonchev–Trinajstić information content (AvgIpc) is 3.32. The van der Waals surface area contributed by atoms with Crippen molar-refractivity contribution in [1.82, 2.24) is 24.5 Å². The number of pyridine rings is 1. The number of carbonyl (C=O) groups is 1. The van der Waals surface area contributed by atoms with Gasteiger partial charge in [-0.1, -0.05) is 0 Å². The number of piperidine rings is 2. The van der Waals surface area contributed by atoms with E-state index >= 15 is 0 Å². The van der Waals surface area contributed by atoms with Crippen molar-refractivity contribution in [3.8, 4) is 17.0 Å². The van der Waals surface area contributed by atoms with E-state index in [9.17, 15) is 13.6 Å². The molecule has 3 aliphatic rings. The van der Waals surface area contributed by atoms with Crippen LogP contribution in [-0.2, 0) is 11.3 Å². The Kier molecular flexibility index (Phi) is 5.42. The second kappa shape index (κ2) is 8.58. The molecule has 13 heteroatoms. The third kappa shape index (κ3) is 3.45. The lowest BCUT2D eigenvalue weighted by Gasteiger charge is -2.61. The number of carbonyl (C=O) groups excluding carboxylic acids is 1. The van der Waals surface area contributed by atoms with Gasteiger partial charge in [0.25, 0.3) is 0 Å². The summed E-state index contributed by atoms with van der Waals surface area (Å²) in [5.41, 5.74) is 19.6. The molecule has 1 saturated carbocycles.